The number of nitrogens with one attached hydrogen (secondary N) is 1. The Morgan fingerprint density at radius 3 is 2.60 bits per heavy atom. The van der Waals surface area contributed by atoms with Crippen LogP contribution in [0.4, 0.5) is 4.79 Å². The summed E-state index contributed by atoms with van der Waals surface area (Å²) in [6.45, 7) is 2.97. The van der Waals surface area contributed by atoms with E-state index in [9.17, 15) is 4.79 Å². The minimum Gasteiger partial charge on any atom is -0.338 e. The SMILES string of the molecule is NCCCCNC(=O)N1CCC(N)CC1. The molecular weight excluding hydrogens is 192 g/mol. The maximum atomic E-state index is 11.6. The second kappa shape index (κ2) is 6.63. The van der Waals surface area contributed by atoms with Gasteiger partial charge in [-0.3, -0.25) is 0 Å². The zero-order chi connectivity index (χ0) is 11.1. The molecule has 0 bridgehead atoms. The molecule has 1 aliphatic heterocycles. The van der Waals surface area contributed by atoms with E-state index >= 15 is 0 Å². The summed E-state index contributed by atoms with van der Waals surface area (Å²) < 4.78 is 0. The van der Waals surface area contributed by atoms with Crippen LogP contribution in [0.15, 0.2) is 0 Å². The first-order valence-electron chi connectivity index (χ1n) is 5.72. The number of likely N-dealkylation sites (tertiary alicyclic amines) is 1. The van der Waals surface area contributed by atoms with Crippen molar-refractivity contribution < 1.29 is 4.79 Å². The predicted octanol–water partition coefficient (Wildman–Crippen LogP) is -0.142. The molecule has 1 fully saturated rings. The van der Waals surface area contributed by atoms with Gasteiger partial charge in [0.15, 0.2) is 0 Å². The van der Waals surface area contributed by atoms with Gasteiger partial charge in [-0.05, 0) is 32.2 Å². The van der Waals surface area contributed by atoms with Gasteiger partial charge in [-0.2, -0.15) is 0 Å². The number of carbonyl (C=O) groups is 1. The van der Waals surface area contributed by atoms with Gasteiger partial charge in [0.1, 0.15) is 0 Å². The Labute approximate surface area is 91.2 Å². The normalized spacial score (nSPS) is 17.9. The van der Waals surface area contributed by atoms with Crippen molar-refractivity contribution in [1.29, 1.82) is 0 Å². The van der Waals surface area contributed by atoms with Crippen molar-refractivity contribution in [3.8, 4) is 0 Å². The molecule has 0 aromatic rings. The van der Waals surface area contributed by atoms with Crippen LogP contribution in [0, 0.1) is 0 Å². The van der Waals surface area contributed by atoms with Gasteiger partial charge >= 0.3 is 6.03 Å². The molecule has 0 aliphatic carbocycles. The van der Waals surface area contributed by atoms with Crippen molar-refractivity contribution in [2.75, 3.05) is 26.2 Å². The summed E-state index contributed by atoms with van der Waals surface area (Å²) in [6, 6.07) is 0.310. The lowest BCUT2D eigenvalue weighted by atomic mass is 10.1. The molecule has 2 amide bonds. The quantitative estimate of drug-likeness (QED) is 0.569. The topological polar surface area (TPSA) is 84.4 Å². The molecule has 5 N–H and O–H groups in total. The van der Waals surface area contributed by atoms with E-state index in [-0.39, 0.29) is 12.1 Å². The van der Waals surface area contributed by atoms with Gasteiger partial charge in [-0.1, -0.05) is 0 Å². The number of hydrogen-bond donors (Lipinski definition) is 3. The Hall–Kier alpha value is -0.810. The minimum absolute atomic E-state index is 0.0407. The van der Waals surface area contributed by atoms with Gasteiger partial charge < -0.3 is 21.7 Å². The van der Waals surface area contributed by atoms with Crippen molar-refractivity contribution >= 4 is 6.03 Å². The van der Waals surface area contributed by atoms with E-state index in [1.54, 1.807) is 0 Å². The standard InChI is InChI=1S/C10H22N4O/c11-5-1-2-6-13-10(15)14-7-3-9(12)4-8-14/h9H,1-8,11-12H2,(H,13,15). The maximum Gasteiger partial charge on any atom is 0.317 e. The zero-order valence-electron chi connectivity index (χ0n) is 9.24. The summed E-state index contributed by atoms with van der Waals surface area (Å²) in [5, 5.41) is 2.89. The van der Waals surface area contributed by atoms with Crippen LogP contribution in [0.25, 0.3) is 0 Å². The molecule has 0 atom stereocenters. The maximum absolute atomic E-state index is 11.6. The highest BCUT2D eigenvalue weighted by molar-refractivity contribution is 5.74. The number of piperidine rings is 1. The molecular formula is C10H22N4O. The smallest absolute Gasteiger partial charge is 0.317 e. The summed E-state index contributed by atoms with van der Waals surface area (Å²) in [5.74, 6) is 0. The molecule has 1 rings (SSSR count). The third-order valence-electron chi connectivity index (χ3n) is 2.73. The fourth-order valence-electron chi connectivity index (χ4n) is 1.68. The number of carbonyl (C=O) groups excluding carboxylic acids is 1. The van der Waals surface area contributed by atoms with E-state index in [0.717, 1.165) is 45.3 Å². The summed E-state index contributed by atoms with van der Waals surface area (Å²) in [4.78, 5) is 13.4. The van der Waals surface area contributed by atoms with E-state index in [2.05, 4.69) is 5.32 Å². The van der Waals surface area contributed by atoms with Crippen LogP contribution in [0.1, 0.15) is 25.7 Å². The Morgan fingerprint density at radius 1 is 1.33 bits per heavy atom. The molecule has 5 nitrogen and oxygen atoms in total. The summed E-state index contributed by atoms with van der Waals surface area (Å²) >= 11 is 0. The number of unbranched alkanes of at least 4 members (excludes halogenated alkanes) is 1. The summed E-state index contributed by atoms with van der Waals surface area (Å²) in [7, 11) is 0. The van der Waals surface area contributed by atoms with Gasteiger partial charge in [-0.15, -0.1) is 0 Å². The monoisotopic (exact) mass is 214 g/mol. The molecule has 0 radical (unpaired) electrons. The molecule has 5 heteroatoms. The molecule has 15 heavy (non-hydrogen) atoms. The van der Waals surface area contributed by atoms with Crippen molar-refractivity contribution in [3.05, 3.63) is 0 Å². The van der Waals surface area contributed by atoms with Gasteiger partial charge in [0.25, 0.3) is 0 Å². The zero-order valence-corrected chi connectivity index (χ0v) is 9.24. The number of rotatable bonds is 4. The van der Waals surface area contributed by atoms with Crippen LogP contribution in [-0.4, -0.2) is 43.2 Å². The lowest BCUT2D eigenvalue weighted by Gasteiger charge is -2.30. The summed E-state index contributed by atoms with van der Waals surface area (Å²) in [6.07, 6.45) is 3.74. The van der Waals surface area contributed by atoms with Crippen LogP contribution >= 0.6 is 0 Å². The predicted molar refractivity (Wildman–Crippen MR) is 60.5 cm³/mol. The second-order valence-corrected chi connectivity index (χ2v) is 4.05. The molecule has 0 aromatic carbocycles. The first kappa shape index (κ1) is 12.3. The van der Waals surface area contributed by atoms with Crippen LogP contribution in [0.2, 0.25) is 0 Å². The molecule has 0 spiro atoms. The largest absolute Gasteiger partial charge is 0.338 e. The van der Waals surface area contributed by atoms with Gasteiger partial charge in [-0.25, -0.2) is 4.79 Å². The molecule has 0 aromatic heterocycles. The van der Waals surface area contributed by atoms with Crippen molar-refractivity contribution in [2.45, 2.75) is 31.7 Å². The van der Waals surface area contributed by atoms with Crippen molar-refractivity contribution in [3.63, 3.8) is 0 Å². The minimum atomic E-state index is 0.0407. The average Bonchev–Trinajstić information content (AvgIpc) is 2.25. The van der Waals surface area contributed by atoms with Crippen LogP contribution in [-0.2, 0) is 0 Å². The number of hydrogen-bond acceptors (Lipinski definition) is 3. The molecule has 1 heterocycles. The van der Waals surface area contributed by atoms with Crippen LogP contribution in [0.5, 0.6) is 0 Å². The van der Waals surface area contributed by atoms with Gasteiger partial charge in [0.05, 0.1) is 0 Å². The Bertz CT molecular complexity index is 190. The second-order valence-electron chi connectivity index (χ2n) is 4.05. The van der Waals surface area contributed by atoms with Gasteiger partial charge in [0.2, 0.25) is 0 Å². The molecule has 1 saturated heterocycles. The Kier molecular flexibility index (Phi) is 5.42. The first-order valence-corrected chi connectivity index (χ1v) is 5.72. The number of amides is 2. The highest BCUT2D eigenvalue weighted by Crippen LogP contribution is 2.07. The van der Waals surface area contributed by atoms with E-state index in [0.29, 0.717) is 6.54 Å². The third-order valence-corrected chi connectivity index (χ3v) is 2.73. The summed E-state index contributed by atoms with van der Waals surface area (Å²) in [5.41, 5.74) is 11.1. The first-order chi connectivity index (χ1) is 7.24. The fourth-order valence-corrected chi connectivity index (χ4v) is 1.68. The van der Waals surface area contributed by atoms with E-state index in [1.165, 1.54) is 0 Å². The number of nitrogens with zero attached hydrogens (tertiary/aromatic N) is 1. The van der Waals surface area contributed by atoms with E-state index in [4.69, 9.17) is 11.5 Å². The Morgan fingerprint density at radius 2 is 2.00 bits per heavy atom. The number of urea groups is 1. The fraction of sp³-hybridized carbons (Fsp3) is 0.900. The molecule has 88 valence electrons. The van der Waals surface area contributed by atoms with E-state index in [1.807, 2.05) is 4.90 Å². The number of nitrogens with two attached hydrogens (primary N) is 2. The molecule has 1 aliphatic rings. The molecule has 0 unspecified atom stereocenters. The van der Waals surface area contributed by atoms with Crippen LogP contribution in [0.3, 0.4) is 0 Å². The molecule has 0 saturated carbocycles. The van der Waals surface area contributed by atoms with Crippen LogP contribution < -0.4 is 16.8 Å². The van der Waals surface area contributed by atoms with Crippen molar-refractivity contribution in [1.82, 2.24) is 10.2 Å². The highest BCUT2D eigenvalue weighted by atomic mass is 16.2. The Balaban J connectivity index is 2.11. The van der Waals surface area contributed by atoms with E-state index < -0.39 is 0 Å². The highest BCUT2D eigenvalue weighted by Gasteiger charge is 2.19. The lowest BCUT2D eigenvalue weighted by molar-refractivity contribution is 0.182. The average molecular weight is 214 g/mol. The third kappa shape index (κ3) is 4.48. The van der Waals surface area contributed by atoms with Gasteiger partial charge in [0, 0.05) is 25.7 Å². The lowest BCUT2D eigenvalue weighted by Crippen LogP contribution is -2.47. The van der Waals surface area contributed by atoms with Crippen molar-refractivity contribution in [2.24, 2.45) is 11.5 Å².